The molecule has 4 nitrogen and oxygen atoms in total. The molecule has 0 fully saturated rings. The Kier molecular flexibility index (Phi) is 4.89. The molecular formula is C16H16N2O2. The first-order chi connectivity index (χ1) is 9.79. The van der Waals surface area contributed by atoms with Crippen molar-refractivity contribution in [3.05, 3.63) is 54.6 Å². The summed E-state index contributed by atoms with van der Waals surface area (Å²) in [7, 11) is 0. The number of carbonyl (C=O) groups is 1. The fraction of sp³-hybridized carbons (Fsp3) is 0.125. The van der Waals surface area contributed by atoms with E-state index in [1.807, 2.05) is 55.5 Å². The van der Waals surface area contributed by atoms with Crippen molar-refractivity contribution in [1.82, 2.24) is 5.43 Å². The van der Waals surface area contributed by atoms with Crippen molar-refractivity contribution in [3.8, 4) is 5.75 Å². The van der Waals surface area contributed by atoms with E-state index in [0.29, 0.717) is 5.75 Å². The van der Waals surface area contributed by atoms with Gasteiger partial charge in [0.25, 0.3) is 5.91 Å². The maximum absolute atomic E-state index is 11.5. The average Bonchev–Trinajstić information content (AvgIpc) is 2.49. The number of fused-ring (bicyclic) bond motifs is 1. The van der Waals surface area contributed by atoms with Gasteiger partial charge in [0.15, 0.2) is 6.61 Å². The number of hydrogen-bond acceptors (Lipinski definition) is 3. The van der Waals surface area contributed by atoms with Crippen molar-refractivity contribution in [2.75, 3.05) is 6.61 Å². The number of benzene rings is 2. The van der Waals surface area contributed by atoms with Crippen LogP contribution >= 0.6 is 0 Å². The van der Waals surface area contributed by atoms with Crippen molar-refractivity contribution in [2.45, 2.75) is 6.92 Å². The minimum Gasteiger partial charge on any atom is -0.484 e. The van der Waals surface area contributed by atoms with Crippen LogP contribution in [0.15, 0.2) is 59.7 Å². The van der Waals surface area contributed by atoms with Crippen LogP contribution in [0.1, 0.15) is 6.92 Å². The molecule has 0 saturated heterocycles. The molecule has 4 heteroatoms. The Morgan fingerprint density at radius 1 is 1.25 bits per heavy atom. The number of amides is 1. The smallest absolute Gasteiger partial charge is 0.277 e. The summed E-state index contributed by atoms with van der Waals surface area (Å²) in [5.41, 5.74) is 2.38. The maximum atomic E-state index is 11.5. The molecule has 0 aromatic heterocycles. The second-order valence-corrected chi connectivity index (χ2v) is 4.14. The van der Waals surface area contributed by atoms with Gasteiger partial charge in [0.05, 0.1) is 0 Å². The predicted octanol–water partition coefficient (Wildman–Crippen LogP) is 2.90. The van der Waals surface area contributed by atoms with Gasteiger partial charge in [0.1, 0.15) is 5.75 Å². The van der Waals surface area contributed by atoms with E-state index >= 15 is 0 Å². The highest BCUT2D eigenvalue weighted by Crippen LogP contribution is 2.20. The minimum absolute atomic E-state index is 0.0640. The number of ether oxygens (including phenoxy) is 1. The number of nitrogens with zero attached hydrogens (tertiary/aromatic N) is 1. The Bertz CT molecular complexity index is 648. The first-order valence-corrected chi connectivity index (χ1v) is 6.34. The molecular weight excluding hydrogens is 252 g/mol. The summed E-state index contributed by atoms with van der Waals surface area (Å²) >= 11 is 0. The van der Waals surface area contributed by atoms with Crippen LogP contribution in [0, 0.1) is 0 Å². The fourth-order valence-corrected chi connectivity index (χ4v) is 1.68. The molecule has 102 valence electrons. The number of carbonyl (C=O) groups excluding carboxylic acids is 1. The molecule has 0 atom stereocenters. The average molecular weight is 268 g/mol. The number of hydrazone groups is 1. The zero-order valence-corrected chi connectivity index (χ0v) is 11.2. The number of allylic oxidation sites excluding steroid dienone is 2. The largest absolute Gasteiger partial charge is 0.484 e. The Morgan fingerprint density at radius 3 is 2.85 bits per heavy atom. The molecule has 0 aliphatic rings. The second-order valence-electron chi connectivity index (χ2n) is 4.14. The van der Waals surface area contributed by atoms with Gasteiger partial charge in [0.2, 0.25) is 0 Å². The highest BCUT2D eigenvalue weighted by atomic mass is 16.5. The van der Waals surface area contributed by atoms with Gasteiger partial charge in [-0.05, 0) is 35.9 Å². The Morgan fingerprint density at radius 2 is 2.05 bits per heavy atom. The normalized spacial score (nSPS) is 11.2. The molecule has 0 unspecified atom stereocenters. The van der Waals surface area contributed by atoms with E-state index in [9.17, 15) is 4.79 Å². The van der Waals surface area contributed by atoms with Gasteiger partial charge < -0.3 is 4.74 Å². The Labute approximate surface area is 117 Å². The van der Waals surface area contributed by atoms with Crippen molar-refractivity contribution in [3.63, 3.8) is 0 Å². The standard InChI is InChI=1S/C16H16N2O2/c1-2-3-10-17-18-16(19)12-20-15-9-8-13-6-4-5-7-14(13)11-15/h2-11H,12H2,1H3,(H,18,19)/b3-2+,17-10+. The first-order valence-electron chi connectivity index (χ1n) is 6.34. The molecule has 0 spiro atoms. The SMILES string of the molecule is C/C=C/C=N/NC(=O)COc1ccc2ccccc2c1. The van der Waals surface area contributed by atoms with Crippen molar-refractivity contribution in [2.24, 2.45) is 5.10 Å². The van der Waals surface area contributed by atoms with Gasteiger partial charge in [-0.3, -0.25) is 4.79 Å². The lowest BCUT2D eigenvalue weighted by Crippen LogP contribution is -2.24. The first kappa shape index (κ1) is 13.8. The van der Waals surface area contributed by atoms with Gasteiger partial charge in [-0.15, -0.1) is 0 Å². The summed E-state index contributed by atoms with van der Waals surface area (Å²) in [4.78, 5) is 11.5. The molecule has 0 heterocycles. The van der Waals surface area contributed by atoms with Gasteiger partial charge in [-0.2, -0.15) is 5.10 Å². The second kappa shape index (κ2) is 7.09. The van der Waals surface area contributed by atoms with Crippen LogP contribution in [0.2, 0.25) is 0 Å². The molecule has 2 aromatic rings. The molecule has 2 rings (SSSR count). The fourth-order valence-electron chi connectivity index (χ4n) is 1.68. The van der Waals surface area contributed by atoms with E-state index in [4.69, 9.17) is 4.74 Å². The van der Waals surface area contributed by atoms with Crippen molar-refractivity contribution in [1.29, 1.82) is 0 Å². The van der Waals surface area contributed by atoms with Crippen LogP contribution in [0.5, 0.6) is 5.75 Å². The summed E-state index contributed by atoms with van der Waals surface area (Å²) in [5, 5.41) is 5.95. The van der Waals surface area contributed by atoms with Crippen LogP contribution in [-0.2, 0) is 4.79 Å². The van der Waals surface area contributed by atoms with Crippen LogP contribution in [-0.4, -0.2) is 18.7 Å². The molecule has 0 radical (unpaired) electrons. The Hall–Kier alpha value is -2.62. The lowest BCUT2D eigenvalue weighted by molar-refractivity contribution is -0.123. The summed E-state index contributed by atoms with van der Waals surface area (Å²) in [5.74, 6) is 0.371. The lowest BCUT2D eigenvalue weighted by Gasteiger charge is -2.06. The monoisotopic (exact) mass is 268 g/mol. The van der Waals surface area contributed by atoms with Gasteiger partial charge in [-0.25, -0.2) is 5.43 Å². The lowest BCUT2D eigenvalue weighted by atomic mass is 10.1. The van der Waals surface area contributed by atoms with Crippen LogP contribution in [0.3, 0.4) is 0 Å². The molecule has 0 saturated carbocycles. The summed E-state index contributed by atoms with van der Waals surface area (Å²) in [6, 6.07) is 13.7. The summed E-state index contributed by atoms with van der Waals surface area (Å²) in [6.07, 6.45) is 5.06. The zero-order chi connectivity index (χ0) is 14.2. The quantitative estimate of drug-likeness (QED) is 0.669. The molecule has 1 amide bonds. The summed E-state index contributed by atoms with van der Waals surface area (Å²) in [6.45, 7) is 1.81. The number of nitrogens with one attached hydrogen (secondary N) is 1. The van der Waals surface area contributed by atoms with E-state index < -0.39 is 0 Å². The van der Waals surface area contributed by atoms with Crippen molar-refractivity contribution >= 4 is 22.9 Å². The van der Waals surface area contributed by atoms with Crippen LogP contribution in [0.4, 0.5) is 0 Å². The zero-order valence-electron chi connectivity index (χ0n) is 11.2. The predicted molar refractivity (Wildman–Crippen MR) is 80.9 cm³/mol. The van der Waals surface area contributed by atoms with Crippen LogP contribution < -0.4 is 10.2 Å². The van der Waals surface area contributed by atoms with Crippen LogP contribution in [0.25, 0.3) is 10.8 Å². The molecule has 2 aromatic carbocycles. The van der Waals surface area contributed by atoms with Gasteiger partial charge in [-0.1, -0.05) is 36.4 Å². The van der Waals surface area contributed by atoms with Crippen molar-refractivity contribution < 1.29 is 9.53 Å². The molecule has 1 N–H and O–H groups in total. The van der Waals surface area contributed by atoms with E-state index in [1.54, 1.807) is 6.08 Å². The molecule has 20 heavy (non-hydrogen) atoms. The molecule has 0 aliphatic carbocycles. The number of rotatable bonds is 5. The minimum atomic E-state index is -0.293. The van der Waals surface area contributed by atoms with E-state index in [0.717, 1.165) is 10.8 Å². The number of hydrogen-bond donors (Lipinski definition) is 1. The third kappa shape index (κ3) is 3.95. The Balaban J connectivity index is 1.90. The van der Waals surface area contributed by atoms with E-state index in [1.165, 1.54) is 6.21 Å². The van der Waals surface area contributed by atoms with E-state index in [-0.39, 0.29) is 12.5 Å². The van der Waals surface area contributed by atoms with Gasteiger partial charge in [0, 0.05) is 6.21 Å². The molecule has 0 bridgehead atoms. The summed E-state index contributed by atoms with van der Waals surface area (Å²) < 4.78 is 5.43. The highest BCUT2D eigenvalue weighted by molar-refractivity contribution is 5.84. The maximum Gasteiger partial charge on any atom is 0.277 e. The topological polar surface area (TPSA) is 50.7 Å². The third-order valence-electron chi connectivity index (χ3n) is 2.63. The molecule has 0 aliphatic heterocycles. The third-order valence-corrected chi connectivity index (χ3v) is 2.63. The van der Waals surface area contributed by atoms with Gasteiger partial charge >= 0.3 is 0 Å². The highest BCUT2D eigenvalue weighted by Gasteiger charge is 2.02. The van der Waals surface area contributed by atoms with E-state index in [2.05, 4.69) is 10.5 Å².